The predicted molar refractivity (Wildman–Crippen MR) is 47.2 cm³/mol. The normalized spacial score (nSPS) is 21.7. The maximum Gasteiger partial charge on any atom is 0.312 e. The Morgan fingerprint density at radius 1 is 1.75 bits per heavy atom. The van der Waals surface area contributed by atoms with E-state index >= 15 is 0 Å². The lowest BCUT2D eigenvalue weighted by Gasteiger charge is -2.38. The van der Waals surface area contributed by atoms with Crippen LogP contribution in [0.25, 0.3) is 0 Å². The highest BCUT2D eigenvalue weighted by molar-refractivity contribution is 6.25. The van der Waals surface area contributed by atoms with E-state index in [2.05, 4.69) is 5.32 Å². The van der Waals surface area contributed by atoms with Crippen LogP contribution >= 0.6 is 11.6 Å². The number of rotatable bonds is 3. The first-order valence-corrected chi connectivity index (χ1v) is 4.24. The molecule has 0 spiro atoms. The molecule has 0 aliphatic carbocycles. The van der Waals surface area contributed by atoms with Crippen molar-refractivity contribution in [3.05, 3.63) is 11.1 Å². The molecule has 1 aliphatic heterocycles. The Balaban J connectivity index is 2.63. The molecule has 12 heavy (non-hydrogen) atoms. The minimum atomic E-state index is -0.737. The van der Waals surface area contributed by atoms with Crippen LogP contribution in [-0.4, -0.2) is 24.2 Å². The van der Waals surface area contributed by atoms with Crippen molar-refractivity contribution >= 4 is 17.6 Å². The fourth-order valence-electron chi connectivity index (χ4n) is 1.35. The van der Waals surface area contributed by atoms with Crippen LogP contribution in [-0.2, 0) is 4.79 Å². The molecule has 0 bridgehead atoms. The van der Waals surface area contributed by atoms with Gasteiger partial charge in [-0.1, -0.05) is 17.2 Å². The summed E-state index contributed by atoms with van der Waals surface area (Å²) in [5.41, 5.74) is 1.76. The van der Waals surface area contributed by atoms with E-state index in [9.17, 15) is 4.79 Å². The number of allylic oxidation sites excluding steroid dienone is 1. The highest BCUT2D eigenvalue weighted by Crippen LogP contribution is 2.30. The summed E-state index contributed by atoms with van der Waals surface area (Å²) in [6.45, 7) is 2.94. The molecular weight excluding hydrogens is 178 g/mol. The van der Waals surface area contributed by atoms with E-state index in [0.29, 0.717) is 19.5 Å². The van der Waals surface area contributed by atoms with Crippen LogP contribution in [0.2, 0.25) is 0 Å². The molecule has 0 aromatic heterocycles. The zero-order valence-electron chi connectivity index (χ0n) is 6.93. The number of halogens is 1. The minimum Gasteiger partial charge on any atom is -0.481 e. The number of aliphatic carboxylic acids is 1. The van der Waals surface area contributed by atoms with E-state index < -0.39 is 11.4 Å². The molecule has 1 rings (SSSR count). The molecule has 0 unspecified atom stereocenters. The Morgan fingerprint density at radius 3 is 2.58 bits per heavy atom. The van der Waals surface area contributed by atoms with Gasteiger partial charge in [0.2, 0.25) is 0 Å². The van der Waals surface area contributed by atoms with E-state index in [4.69, 9.17) is 16.7 Å². The summed E-state index contributed by atoms with van der Waals surface area (Å²) in [5, 5.41) is 11.9. The number of carboxylic acid groups (broad SMARTS) is 1. The van der Waals surface area contributed by atoms with Crippen molar-refractivity contribution in [3.63, 3.8) is 0 Å². The van der Waals surface area contributed by atoms with Gasteiger partial charge in [-0.2, -0.15) is 0 Å². The molecule has 0 saturated carbocycles. The molecule has 0 atom stereocenters. The molecule has 0 amide bonds. The lowest BCUT2D eigenvalue weighted by molar-refractivity contribution is -0.152. The summed E-state index contributed by atoms with van der Waals surface area (Å²) in [6.07, 6.45) is 0.541. The van der Waals surface area contributed by atoms with Gasteiger partial charge in [0.1, 0.15) is 0 Å². The average molecular weight is 190 g/mol. The zero-order valence-corrected chi connectivity index (χ0v) is 7.69. The van der Waals surface area contributed by atoms with Crippen LogP contribution in [0.15, 0.2) is 11.1 Å². The van der Waals surface area contributed by atoms with Crippen LogP contribution in [0, 0.1) is 5.41 Å². The minimum absolute atomic E-state index is 0.541. The summed E-state index contributed by atoms with van der Waals surface area (Å²) in [4.78, 5) is 10.8. The van der Waals surface area contributed by atoms with Crippen molar-refractivity contribution in [3.8, 4) is 0 Å². The average Bonchev–Trinajstić information content (AvgIpc) is 1.95. The number of carbonyl (C=O) groups is 1. The van der Waals surface area contributed by atoms with Crippen LogP contribution in [0.5, 0.6) is 0 Å². The van der Waals surface area contributed by atoms with Crippen molar-refractivity contribution in [2.75, 3.05) is 13.1 Å². The summed E-state index contributed by atoms with van der Waals surface area (Å²) >= 11 is 5.47. The van der Waals surface area contributed by atoms with Crippen molar-refractivity contribution in [2.45, 2.75) is 13.3 Å². The SMILES string of the molecule is C/C(=C\Cl)CC1(C(=O)O)CNC1. The molecule has 2 N–H and O–H groups in total. The van der Waals surface area contributed by atoms with Crippen LogP contribution in [0.4, 0.5) is 0 Å². The van der Waals surface area contributed by atoms with Crippen molar-refractivity contribution < 1.29 is 9.90 Å². The lowest BCUT2D eigenvalue weighted by atomic mass is 9.77. The second-order valence-electron chi connectivity index (χ2n) is 3.32. The second kappa shape index (κ2) is 3.46. The predicted octanol–water partition coefficient (Wildman–Crippen LogP) is 1.19. The third kappa shape index (κ3) is 1.62. The Morgan fingerprint density at radius 2 is 2.33 bits per heavy atom. The highest BCUT2D eigenvalue weighted by Gasteiger charge is 2.44. The Kier molecular flexibility index (Phi) is 2.75. The molecule has 68 valence electrons. The molecular formula is C8H12ClNO2. The van der Waals surface area contributed by atoms with E-state index in [1.54, 1.807) is 0 Å². The zero-order chi connectivity index (χ0) is 9.19. The van der Waals surface area contributed by atoms with Gasteiger partial charge in [0, 0.05) is 18.6 Å². The van der Waals surface area contributed by atoms with Gasteiger partial charge < -0.3 is 10.4 Å². The molecule has 0 aromatic carbocycles. The van der Waals surface area contributed by atoms with Crippen LogP contribution in [0.3, 0.4) is 0 Å². The summed E-state index contributed by atoms with van der Waals surface area (Å²) in [5.74, 6) is -0.737. The van der Waals surface area contributed by atoms with Crippen molar-refractivity contribution in [1.82, 2.24) is 5.32 Å². The molecule has 1 saturated heterocycles. The van der Waals surface area contributed by atoms with Gasteiger partial charge in [0.25, 0.3) is 0 Å². The Hall–Kier alpha value is -0.540. The van der Waals surface area contributed by atoms with E-state index in [1.807, 2.05) is 6.92 Å². The summed E-state index contributed by atoms with van der Waals surface area (Å²) in [6, 6.07) is 0. The largest absolute Gasteiger partial charge is 0.481 e. The third-order valence-electron chi connectivity index (χ3n) is 2.18. The summed E-state index contributed by atoms with van der Waals surface area (Å²) < 4.78 is 0. The fraction of sp³-hybridized carbons (Fsp3) is 0.625. The van der Waals surface area contributed by atoms with E-state index in [-0.39, 0.29) is 0 Å². The number of carboxylic acids is 1. The monoisotopic (exact) mass is 189 g/mol. The third-order valence-corrected chi connectivity index (χ3v) is 2.56. The van der Waals surface area contributed by atoms with Crippen LogP contribution in [0.1, 0.15) is 13.3 Å². The quantitative estimate of drug-likeness (QED) is 0.702. The van der Waals surface area contributed by atoms with Gasteiger partial charge in [-0.15, -0.1) is 0 Å². The van der Waals surface area contributed by atoms with Crippen molar-refractivity contribution in [2.24, 2.45) is 5.41 Å². The topological polar surface area (TPSA) is 49.3 Å². The number of hydrogen-bond acceptors (Lipinski definition) is 2. The van der Waals surface area contributed by atoms with E-state index in [1.165, 1.54) is 5.54 Å². The molecule has 3 nitrogen and oxygen atoms in total. The summed E-state index contributed by atoms with van der Waals surface area (Å²) in [7, 11) is 0. The van der Waals surface area contributed by atoms with Gasteiger partial charge in [0.15, 0.2) is 0 Å². The maximum atomic E-state index is 10.8. The molecule has 1 aliphatic rings. The Bertz CT molecular complexity index is 221. The molecule has 0 radical (unpaired) electrons. The first kappa shape index (κ1) is 9.55. The van der Waals surface area contributed by atoms with Gasteiger partial charge in [-0.25, -0.2) is 0 Å². The first-order chi connectivity index (χ1) is 5.60. The number of hydrogen-bond donors (Lipinski definition) is 2. The van der Waals surface area contributed by atoms with Gasteiger partial charge in [-0.05, 0) is 13.3 Å². The Labute approximate surface area is 76.4 Å². The first-order valence-electron chi connectivity index (χ1n) is 3.81. The maximum absolute atomic E-state index is 10.8. The highest BCUT2D eigenvalue weighted by atomic mass is 35.5. The number of nitrogens with one attached hydrogen (secondary N) is 1. The smallest absolute Gasteiger partial charge is 0.312 e. The lowest BCUT2D eigenvalue weighted by Crippen LogP contribution is -2.58. The van der Waals surface area contributed by atoms with Gasteiger partial charge >= 0.3 is 5.97 Å². The molecule has 1 heterocycles. The van der Waals surface area contributed by atoms with Gasteiger partial charge in [0.05, 0.1) is 5.41 Å². The van der Waals surface area contributed by atoms with Crippen LogP contribution < -0.4 is 5.32 Å². The van der Waals surface area contributed by atoms with E-state index in [0.717, 1.165) is 5.57 Å². The molecule has 0 aromatic rings. The van der Waals surface area contributed by atoms with Crippen molar-refractivity contribution in [1.29, 1.82) is 0 Å². The van der Waals surface area contributed by atoms with Gasteiger partial charge in [-0.3, -0.25) is 4.79 Å². The fourth-order valence-corrected chi connectivity index (χ4v) is 1.43. The molecule has 1 fully saturated rings. The second-order valence-corrected chi connectivity index (χ2v) is 3.54. The standard InChI is InChI=1S/C8H12ClNO2/c1-6(3-9)2-8(7(11)12)4-10-5-8/h3,10H,2,4-5H2,1H3,(H,11,12)/b6-3+. The molecule has 4 heteroatoms.